The first-order valence-corrected chi connectivity index (χ1v) is 4.37. The summed E-state index contributed by atoms with van der Waals surface area (Å²) in [5, 5.41) is 35.0. The summed E-state index contributed by atoms with van der Waals surface area (Å²) in [6.07, 6.45) is 0. The van der Waals surface area contributed by atoms with Crippen molar-refractivity contribution in [2.45, 2.75) is 0 Å². The number of carboxylic acid groups (broad SMARTS) is 4. The van der Waals surface area contributed by atoms with E-state index < -0.39 is 46.1 Å². The molecule has 0 bridgehead atoms. The molecule has 98 valence electrons. The zero-order valence-electron chi connectivity index (χ0n) is 9.08. The normalized spacial score (nSPS) is 9.26. The number of hydrogen-bond donors (Lipinski definition) is 4. The van der Waals surface area contributed by atoms with E-state index in [9.17, 15) is 19.2 Å². The largest absolute Gasteiger partial charge is 0.478 e. The molecule has 0 unspecified atom stereocenters. The second kappa shape index (κ2) is 6.12. The average Bonchev–Trinajstić information content (AvgIpc) is 2.26. The molecule has 0 saturated heterocycles. The molecular formula is C10H6O8Ti. The SMILES string of the molecule is O=C(O)c1cc(C(=O)O)c(C(=O)O)cc1C(=O)O.[Ti]. The first-order valence-electron chi connectivity index (χ1n) is 4.37. The van der Waals surface area contributed by atoms with E-state index in [1.54, 1.807) is 0 Å². The fraction of sp³-hybridized carbons (Fsp3) is 0. The van der Waals surface area contributed by atoms with E-state index >= 15 is 0 Å². The maximum Gasteiger partial charge on any atom is 0.336 e. The molecule has 8 nitrogen and oxygen atoms in total. The molecule has 0 aliphatic heterocycles. The zero-order chi connectivity index (χ0) is 14.0. The van der Waals surface area contributed by atoms with Gasteiger partial charge in [0, 0.05) is 21.7 Å². The van der Waals surface area contributed by atoms with Gasteiger partial charge in [-0.15, -0.1) is 0 Å². The smallest absolute Gasteiger partial charge is 0.336 e. The molecular weight excluding hydrogens is 296 g/mol. The van der Waals surface area contributed by atoms with Crippen LogP contribution in [0.3, 0.4) is 0 Å². The van der Waals surface area contributed by atoms with Crippen molar-refractivity contribution >= 4 is 23.9 Å². The van der Waals surface area contributed by atoms with E-state index in [1.807, 2.05) is 0 Å². The Morgan fingerprint density at radius 2 is 0.737 bits per heavy atom. The van der Waals surface area contributed by atoms with Crippen molar-refractivity contribution in [2.75, 3.05) is 0 Å². The quantitative estimate of drug-likeness (QED) is 0.586. The Hall–Kier alpha value is -2.19. The Bertz CT molecular complexity index is 479. The van der Waals surface area contributed by atoms with Crippen LogP contribution < -0.4 is 0 Å². The number of carbonyl (C=O) groups is 4. The first-order chi connectivity index (χ1) is 8.25. The molecule has 0 saturated carbocycles. The molecule has 1 aromatic rings. The van der Waals surface area contributed by atoms with Crippen molar-refractivity contribution in [2.24, 2.45) is 0 Å². The molecule has 0 heterocycles. The number of benzene rings is 1. The van der Waals surface area contributed by atoms with Crippen molar-refractivity contribution in [1.29, 1.82) is 0 Å². The molecule has 4 N–H and O–H groups in total. The van der Waals surface area contributed by atoms with Gasteiger partial charge in [-0.05, 0) is 12.1 Å². The summed E-state index contributed by atoms with van der Waals surface area (Å²) in [6.45, 7) is 0. The zero-order valence-corrected chi connectivity index (χ0v) is 10.6. The molecule has 0 aliphatic carbocycles. The molecule has 0 aliphatic rings. The third-order valence-corrected chi connectivity index (χ3v) is 2.08. The Kier molecular flexibility index (Phi) is 5.42. The third kappa shape index (κ3) is 3.40. The molecule has 0 spiro atoms. The van der Waals surface area contributed by atoms with Gasteiger partial charge in [-0.2, -0.15) is 0 Å². The fourth-order valence-corrected chi connectivity index (χ4v) is 1.31. The van der Waals surface area contributed by atoms with Crippen LogP contribution in [0, 0.1) is 0 Å². The predicted molar refractivity (Wildman–Crippen MR) is 54.3 cm³/mol. The van der Waals surface area contributed by atoms with Gasteiger partial charge < -0.3 is 20.4 Å². The van der Waals surface area contributed by atoms with Crippen molar-refractivity contribution in [1.82, 2.24) is 0 Å². The molecule has 19 heavy (non-hydrogen) atoms. The second-order valence-corrected chi connectivity index (χ2v) is 3.16. The van der Waals surface area contributed by atoms with Gasteiger partial charge in [-0.3, -0.25) is 0 Å². The van der Waals surface area contributed by atoms with Gasteiger partial charge in [0.1, 0.15) is 0 Å². The van der Waals surface area contributed by atoms with Crippen LogP contribution in [-0.4, -0.2) is 44.3 Å². The summed E-state index contributed by atoms with van der Waals surface area (Å²) in [5.74, 6) is -6.64. The summed E-state index contributed by atoms with van der Waals surface area (Å²) < 4.78 is 0. The van der Waals surface area contributed by atoms with Crippen LogP contribution in [0.2, 0.25) is 0 Å². The van der Waals surface area contributed by atoms with E-state index in [0.29, 0.717) is 12.1 Å². The summed E-state index contributed by atoms with van der Waals surface area (Å²) in [7, 11) is 0. The molecule has 9 heteroatoms. The number of carboxylic acids is 4. The van der Waals surface area contributed by atoms with Gasteiger partial charge in [0.25, 0.3) is 0 Å². The summed E-state index contributed by atoms with van der Waals surface area (Å²) in [5.41, 5.74) is -3.15. The van der Waals surface area contributed by atoms with E-state index in [2.05, 4.69) is 0 Å². The molecule has 0 aromatic heterocycles. The third-order valence-electron chi connectivity index (χ3n) is 2.08. The summed E-state index contributed by atoms with van der Waals surface area (Å²) >= 11 is 0. The van der Waals surface area contributed by atoms with Crippen molar-refractivity contribution in [3.8, 4) is 0 Å². The van der Waals surface area contributed by atoms with E-state index in [0.717, 1.165) is 0 Å². The molecule has 0 fully saturated rings. The standard InChI is InChI=1S/C10H6O8.Ti/c11-7(12)3-1-4(8(13)14)6(10(17)18)2-5(3)9(15)16;/h1-2H,(H,11,12)(H,13,14)(H,15,16)(H,17,18);. The Balaban J connectivity index is 0.00000324. The van der Waals surface area contributed by atoms with Crippen molar-refractivity contribution < 1.29 is 61.3 Å². The van der Waals surface area contributed by atoms with Gasteiger partial charge in [-0.25, -0.2) is 19.2 Å². The van der Waals surface area contributed by atoms with Crippen LogP contribution in [0.25, 0.3) is 0 Å². The van der Waals surface area contributed by atoms with E-state index in [4.69, 9.17) is 20.4 Å². The number of hydrogen-bond acceptors (Lipinski definition) is 4. The van der Waals surface area contributed by atoms with Crippen molar-refractivity contribution in [3.05, 3.63) is 34.4 Å². The fourth-order valence-electron chi connectivity index (χ4n) is 1.31. The van der Waals surface area contributed by atoms with Crippen LogP contribution >= 0.6 is 0 Å². The molecule has 1 aromatic carbocycles. The Labute approximate surface area is 120 Å². The van der Waals surface area contributed by atoms with Crippen LogP contribution in [-0.2, 0) is 21.7 Å². The predicted octanol–water partition coefficient (Wildman–Crippen LogP) is 0.477. The maximum absolute atomic E-state index is 10.8. The number of aromatic carboxylic acids is 4. The molecule has 0 radical (unpaired) electrons. The summed E-state index contributed by atoms with van der Waals surface area (Å²) in [4.78, 5) is 43.1. The number of rotatable bonds is 4. The van der Waals surface area contributed by atoms with Gasteiger partial charge in [0.2, 0.25) is 0 Å². The summed E-state index contributed by atoms with van der Waals surface area (Å²) in [6, 6.07) is 1.02. The molecule has 0 atom stereocenters. The second-order valence-electron chi connectivity index (χ2n) is 3.16. The molecule has 0 amide bonds. The van der Waals surface area contributed by atoms with Gasteiger partial charge in [0.15, 0.2) is 0 Å². The monoisotopic (exact) mass is 302 g/mol. The van der Waals surface area contributed by atoms with Crippen LogP contribution in [0.5, 0.6) is 0 Å². The first kappa shape index (κ1) is 16.8. The topological polar surface area (TPSA) is 149 Å². The Morgan fingerprint density at radius 3 is 0.842 bits per heavy atom. The van der Waals surface area contributed by atoms with Gasteiger partial charge in [-0.1, -0.05) is 0 Å². The van der Waals surface area contributed by atoms with Crippen LogP contribution in [0.4, 0.5) is 0 Å². The van der Waals surface area contributed by atoms with Gasteiger partial charge in [0.05, 0.1) is 22.3 Å². The average molecular weight is 302 g/mol. The van der Waals surface area contributed by atoms with Crippen LogP contribution in [0.15, 0.2) is 12.1 Å². The molecule has 1 rings (SSSR count). The minimum Gasteiger partial charge on any atom is -0.478 e. The van der Waals surface area contributed by atoms with Crippen LogP contribution in [0.1, 0.15) is 41.4 Å². The van der Waals surface area contributed by atoms with Crippen molar-refractivity contribution in [3.63, 3.8) is 0 Å². The van der Waals surface area contributed by atoms with Gasteiger partial charge >= 0.3 is 23.9 Å². The maximum atomic E-state index is 10.8. The Morgan fingerprint density at radius 1 is 0.579 bits per heavy atom. The van der Waals surface area contributed by atoms with E-state index in [-0.39, 0.29) is 21.7 Å². The minimum absolute atomic E-state index is 0. The van der Waals surface area contributed by atoms with E-state index in [1.165, 1.54) is 0 Å². The minimum atomic E-state index is -1.66.